The number of carbonyl (C=O) groups excluding carboxylic acids is 2. The Kier molecular flexibility index (Phi) is 5.83. The molecule has 0 aliphatic heterocycles. The summed E-state index contributed by atoms with van der Waals surface area (Å²) in [4.78, 5) is 39.6. The number of carboxylic acids is 1. The Morgan fingerprint density at radius 3 is 2.52 bits per heavy atom. The first-order valence-electron chi connectivity index (χ1n) is 6.53. The van der Waals surface area contributed by atoms with Gasteiger partial charge in [-0.15, -0.1) is 0 Å². The molecule has 1 rings (SSSR count). The van der Waals surface area contributed by atoms with E-state index in [1.165, 1.54) is 24.9 Å². The maximum absolute atomic E-state index is 12.4. The van der Waals surface area contributed by atoms with Crippen molar-refractivity contribution in [3.8, 4) is 0 Å². The first kappa shape index (κ1) is 16.6. The van der Waals surface area contributed by atoms with Crippen molar-refractivity contribution in [2.24, 2.45) is 0 Å². The standard InChI is InChI=1S/C14H19N3O4/c1-9-4-5-12(8-16-9)13(19)17(10(2)14(20)21)7-6-15-11(3)18/h4-5,8,10H,6-7H2,1-3H3,(H,15,18)(H,20,21). The highest BCUT2D eigenvalue weighted by Gasteiger charge is 2.26. The number of nitrogens with zero attached hydrogens (tertiary/aromatic N) is 2. The lowest BCUT2D eigenvalue weighted by molar-refractivity contribution is -0.141. The number of carboxylic acid groups (broad SMARTS) is 1. The van der Waals surface area contributed by atoms with Crippen LogP contribution in [0, 0.1) is 6.92 Å². The number of aryl methyl sites for hydroxylation is 1. The summed E-state index contributed by atoms with van der Waals surface area (Å²) >= 11 is 0. The van der Waals surface area contributed by atoms with Crippen LogP contribution >= 0.6 is 0 Å². The highest BCUT2D eigenvalue weighted by Crippen LogP contribution is 2.08. The second-order valence-corrected chi connectivity index (χ2v) is 4.68. The van der Waals surface area contributed by atoms with E-state index < -0.39 is 17.9 Å². The number of hydrogen-bond donors (Lipinski definition) is 2. The van der Waals surface area contributed by atoms with Crippen molar-refractivity contribution in [2.75, 3.05) is 13.1 Å². The molecule has 0 radical (unpaired) electrons. The monoisotopic (exact) mass is 293 g/mol. The number of rotatable bonds is 6. The molecule has 1 aromatic heterocycles. The Hall–Kier alpha value is -2.44. The number of aliphatic carboxylic acids is 1. The molecule has 1 atom stereocenters. The van der Waals surface area contributed by atoms with Gasteiger partial charge < -0.3 is 15.3 Å². The number of hydrogen-bond acceptors (Lipinski definition) is 4. The average molecular weight is 293 g/mol. The van der Waals surface area contributed by atoms with Gasteiger partial charge in [-0.05, 0) is 26.0 Å². The minimum atomic E-state index is -1.11. The number of carbonyl (C=O) groups is 3. The summed E-state index contributed by atoms with van der Waals surface area (Å²) in [5.41, 5.74) is 1.08. The second kappa shape index (κ2) is 7.37. The number of pyridine rings is 1. The van der Waals surface area contributed by atoms with Crippen molar-refractivity contribution >= 4 is 17.8 Å². The van der Waals surface area contributed by atoms with Crippen molar-refractivity contribution in [1.82, 2.24) is 15.2 Å². The van der Waals surface area contributed by atoms with Crippen LogP contribution < -0.4 is 5.32 Å². The van der Waals surface area contributed by atoms with E-state index in [0.717, 1.165) is 5.69 Å². The summed E-state index contributed by atoms with van der Waals surface area (Å²) in [6.45, 7) is 4.88. The molecule has 0 saturated heterocycles. The normalized spacial score (nSPS) is 11.6. The summed E-state index contributed by atoms with van der Waals surface area (Å²) < 4.78 is 0. The fraction of sp³-hybridized carbons (Fsp3) is 0.429. The van der Waals surface area contributed by atoms with Gasteiger partial charge in [-0.2, -0.15) is 0 Å². The minimum absolute atomic E-state index is 0.111. The van der Waals surface area contributed by atoms with Crippen LogP contribution in [0.5, 0.6) is 0 Å². The summed E-state index contributed by atoms with van der Waals surface area (Å²) in [6.07, 6.45) is 1.41. The Morgan fingerprint density at radius 1 is 1.38 bits per heavy atom. The molecule has 21 heavy (non-hydrogen) atoms. The van der Waals surface area contributed by atoms with E-state index >= 15 is 0 Å². The van der Waals surface area contributed by atoms with Crippen molar-refractivity contribution in [2.45, 2.75) is 26.8 Å². The zero-order valence-electron chi connectivity index (χ0n) is 12.3. The Balaban J connectivity index is 2.88. The van der Waals surface area contributed by atoms with E-state index in [-0.39, 0.29) is 19.0 Å². The molecule has 114 valence electrons. The molecule has 2 amide bonds. The largest absolute Gasteiger partial charge is 0.480 e. The molecular weight excluding hydrogens is 274 g/mol. The third-order valence-electron chi connectivity index (χ3n) is 2.97. The first-order valence-corrected chi connectivity index (χ1v) is 6.53. The third kappa shape index (κ3) is 4.87. The Bertz CT molecular complexity index is 528. The highest BCUT2D eigenvalue weighted by atomic mass is 16.4. The fourth-order valence-electron chi connectivity index (χ4n) is 1.72. The minimum Gasteiger partial charge on any atom is -0.480 e. The van der Waals surface area contributed by atoms with E-state index in [2.05, 4.69) is 10.3 Å². The smallest absolute Gasteiger partial charge is 0.326 e. The van der Waals surface area contributed by atoms with Crippen LogP contribution in [-0.2, 0) is 9.59 Å². The molecule has 0 aliphatic carbocycles. The quantitative estimate of drug-likeness (QED) is 0.793. The topological polar surface area (TPSA) is 99.6 Å². The molecule has 0 bridgehead atoms. The molecule has 0 spiro atoms. The van der Waals surface area contributed by atoms with Crippen LogP contribution in [0.4, 0.5) is 0 Å². The van der Waals surface area contributed by atoms with Gasteiger partial charge in [0.25, 0.3) is 5.91 Å². The van der Waals surface area contributed by atoms with Crippen molar-refractivity contribution in [3.63, 3.8) is 0 Å². The second-order valence-electron chi connectivity index (χ2n) is 4.68. The third-order valence-corrected chi connectivity index (χ3v) is 2.97. The SMILES string of the molecule is CC(=O)NCCN(C(=O)c1ccc(C)nc1)C(C)C(=O)O. The molecule has 1 heterocycles. The zero-order chi connectivity index (χ0) is 16.0. The Morgan fingerprint density at radius 2 is 2.05 bits per heavy atom. The maximum atomic E-state index is 12.4. The van der Waals surface area contributed by atoms with Gasteiger partial charge in [0.1, 0.15) is 6.04 Å². The maximum Gasteiger partial charge on any atom is 0.326 e. The summed E-state index contributed by atoms with van der Waals surface area (Å²) in [6, 6.07) is 2.29. The first-order chi connectivity index (χ1) is 9.82. The van der Waals surface area contributed by atoms with Gasteiger partial charge in [0.05, 0.1) is 5.56 Å². The Labute approximate surface area is 123 Å². The number of aromatic nitrogens is 1. The molecule has 1 aromatic rings. The predicted molar refractivity (Wildman–Crippen MR) is 75.8 cm³/mol. The van der Waals surface area contributed by atoms with Gasteiger partial charge in [0, 0.05) is 31.9 Å². The molecule has 7 nitrogen and oxygen atoms in total. The van der Waals surface area contributed by atoms with E-state index in [0.29, 0.717) is 5.56 Å². The van der Waals surface area contributed by atoms with Gasteiger partial charge in [-0.25, -0.2) is 4.79 Å². The van der Waals surface area contributed by atoms with Gasteiger partial charge in [0.2, 0.25) is 5.91 Å². The average Bonchev–Trinajstić information content (AvgIpc) is 2.42. The van der Waals surface area contributed by atoms with Crippen molar-refractivity contribution in [1.29, 1.82) is 0 Å². The van der Waals surface area contributed by atoms with Gasteiger partial charge >= 0.3 is 5.97 Å². The highest BCUT2D eigenvalue weighted by molar-refractivity contribution is 5.96. The molecule has 0 aliphatic rings. The fourth-order valence-corrected chi connectivity index (χ4v) is 1.72. The van der Waals surface area contributed by atoms with Crippen LogP contribution in [0.15, 0.2) is 18.3 Å². The summed E-state index contributed by atoms with van der Waals surface area (Å²) in [5, 5.41) is 11.6. The van der Waals surface area contributed by atoms with E-state index in [4.69, 9.17) is 5.11 Å². The zero-order valence-corrected chi connectivity index (χ0v) is 12.3. The molecule has 1 unspecified atom stereocenters. The van der Waals surface area contributed by atoms with Crippen LogP contribution in [0.25, 0.3) is 0 Å². The van der Waals surface area contributed by atoms with Crippen LogP contribution in [0.3, 0.4) is 0 Å². The lowest BCUT2D eigenvalue weighted by atomic mass is 10.2. The van der Waals surface area contributed by atoms with Gasteiger partial charge in [-0.3, -0.25) is 14.6 Å². The van der Waals surface area contributed by atoms with Gasteiger partial charge in [0.15, 0.2) is 0 Å². The van der Waals surface area contributed by atoms with E-state index in [1.807, 2.05) is 0 Å². The molecule has 7 heteroatoms. The van der Waals surface area contributed by atoms with E-state index in [9.17, 15) is 14.4 Å². The predicted octanol–water partition coefficient (Wildman–Crippen LogP) is 0.441. The molecular formula is C14H19N3O4. The summed E-state index contributed by atoms with van der Waals surface area (Å²) in [7, 11) is 0. The number of nitrogens with one attached hydrogen (secondary N) is 1. The lowest BCUT2D eigenvalue weighted by Gasteiger charge is -2.26. The number of amides is 2. The van der Waals surface area contributed by atoms with Crippen molar-refractivity contribution < 1.29 is 19.5 Å². The summed E-state index contributed by atoms with van der Waals surface area (Å²) in [5.74, 6) is -1.77. The van der Waals surface area contributed by atoms with Crippen LogP contribution in [-0.4, -0.2) is 51.9 Å². The molecule has 2 N–H and O–H groups in total. The van der Waals surface area contributed by atoms with Crippen LogP contribution in [0.1, 0.15) is 29.9 Å². The van der Waals surface area contributed by atoms with Crippen LogP contribution in [0.2, 0.25) is 0 Å². The van der Waals surface area contributed by atoms with Gasteiger partial charge in [-0.1, -0.05) is 0 Å². The lowest BCUT2D eigenvalue weighted by Crippen LogP contribution is -2.46. The van der Waals surface area contributed by atoms with Crippen molar-refractivity contribution in [3.05, 3.63) is 29.6 Å². The van der Waals surface area contributed by atoms with E-state index in [1.54, 1.807) is 19.1 Å². The molecule has 0 fully saturated rings. The molecule has 0 aromatic carbocycles. The molecule has 0 saturated carbocycles.